The van der Waals surface area contributed by atoms with Crippen molar-refractivity contribution in [3.05, 3.63) is 89.9 Å². The van der Waals surface area contributed by atoms with Crippen molar-refractivity contribution in [1.82, 2.24) is 10.0 Å². The Morgan fingerprint density at radius 3 is 2.39 bits per heavy atom. The molecule has 146 valence electrons. The van der Waals surface area contributed by atoms with E-state index in [1.165, 1.54) is 12.3 Å². The Balaban J connectivity index is 1.80. The van der Waals surface area contributed by atoms with E-state index < -0.39 is 22.0 Å². The fourth-order valence-electron chi connectivity index (χ4n) is 2.86. The summed E-state index contributed by atoms with van der Waals surface area (Å²) < 4.78 is 33.5. The van der Waals surface area contributed by atoms with Crippen LogP contribution in [0.15, 0.2) is 82.3 Å². The summed E-state index contributed by atoms with van der Waals surface area (Å²) in [5, 5.41) is 2.73. The zero-order valence-corrected chi connectivity index (χ0v) is 16.3. The predicted molar refractivity (Wildman–Crippen MR) is 106 cm³/mol. The van der Waals surface area contributed by atoms with Gasteiger partial charge in [-0.1, -0.05) is 48.5 Å². The van der Waals surface area contributed by atoms with Gasteiger partial charge in [0.15, 0.2) is 0 Å². The van der Waals surface area contributed by atoms with Gasteiger partial charge in [0.05, 0.1) is 17.7 Å². The molecular weight excluding hydrogens is 376 g/mol. The van der Waals surface area contributed by atoms with Gasteiger partial charge >= 0.3 is 0 Å². The lowest BCUT2D eigenvalue weighted by Crippen LogP contribution is -2.47. The molecule has 0 aliphatic carbocycles. The molecule has 0 fully saturated rings. The van der Waals surface area contributed by atoms with E-state index in [1.54, 1.807) is 37.3 Å². The van der Waals surface area contributed by atoms with Crippen LogP contribution in [0.1, 0.15) is 16.9 Å². The summed E-state index contributed by atoms with van der Waals surface area (Å²) in [4.78, 5) is 12.9. The Morgan fingerprint density at radius 2 is 1.71 bits per heavy atom. The van der Waals surface area contributed by atoms with Crippen molar-refractivity contribution in [3.8, 4) is 0 Å². The lowest BCUT2D eigenvalue weighted by atomic mass is 10.1. The molecule has 1 heterocycles. The van der Waals surface area contributed by atoms with Crippen LogP contribution in [0.25, 0.3) is 0 Å². The maximum absolute atomic E-state index is 12.9. The quantitative estimate of drug-likeness (QED) is 0.611. The first-order valence-electron chi connectivity index (χ1n) is 8.88. The van der Waals surface area contributed by atoms with Crippen molar-refractivity contribution in [1.29, 1.82) is 0 Å². The molecule has 28 heavy (non-hydrogen) atoms. The number of hydrogen-bond donors (Lipinski definition) is 2. The summed E-state index contributed by atoms with van der Waals surface area (Å²) in [7, 11) is -3.86. The highest BCUT2D eigenvalue weighted by Crippen LogP contribution is 2.15. The number of benzene rings is 2. The van der Waals surface area contributed by atoms with E-state index in [0.717, 1.165) is 5.56 Å². The molecule has 3 rings (SSSR count). The fourth-order valence-corrected chi connectivity index (χ4v) is 4.30. The van der Waals surface area contributed by atoms with Crippen molar-refractivity contribution >= 4 is 15.9 Å². The van der Waals surface area contributed by atoms with Crippen molar-refractivity contribution in [2.24, 2.45) is 0 Å². The van der Waals surface area contributed by atoms with E-state index in [9.17, 15) is 13.2 Å². The van der Waals surface area contributed by atoms with Gasteiger partial charge in [-0.05, 0) is 42.7 Å². The van der Waals surface area contributed by atoms with Gasteiger partial charge in [0.2, 0.25) is 15.9 Å². The SMILES string of the molecule is Cc1ccccc1S(=O)(=O)N[C@@H](Cc1ccccc1)C(=O)NCc1ccco1. The van der Waals surface area contributed by atoms with Crippen LogP contribution in [0.4, 0.5) is 0 Å². The minimum absolute atomic E-state index is 0.159. The molecule has 0 radical (unpaired) electrons. The fraction of sp³-hybridized carbons (Fsp3) is 0.190. The number of furan rings is 1. The Hall–Kier alpha value is -2.90. The van der Waals surface area contributed by atoms with E-state index in [1.807, 2.05) is 30.3 Å². The molecule has 0 unspecified atom stereocenters. The number of sulfonamides is 1. The molecule has 2 aromatic carbocycles. The van der Waals surface area contributed by atoms with E-state index >= 15 is 0 Å². The van der Waals surface area contributed by atoms with Gasteiger partial charge in [-0.15, -0.1) is 0 Å². The Morgan fingerprint density at radius 1 is 1.00 bits per heavy atom. The highest BCUT2D eigenvalue weighted by atomic mass is 32.2. The third kappa shape index (κ3) is 5.09. The van der Waals surface area contributed by atoms with Gasteiger partial charge in [0.25, 0.3) is 0 Å². The summed E-state index contributed by atoms with van der Waals surface area (Å²) in [6, 6.07) is 18.5. The van der Waals surface area contributed by atoms with Crippen molar-refractivity contribution in [2.75, 3.05) is 0 Å². The molecule has 0 aliphatic heterocycles. The average molecular weight is 398 g/mol. The maximum atomic E-state index is 12.9. The smallest absolute Gasteiger partial charge is 0.241 e. The number of nitrogens with one attached hydrogen (secondary N) is 2. The van der Waals surface area contributed by atoms with Gasteiger partial charge in [-0.2, -0.15) is 4.72 Å². The lowest BCUT2D eigenvalue weighted by molar-refractivity contribution is -0.122. The Kier molecular flexibility index (Phi) is 6.28. The lowest BCUT2D eigenvalue weighted by Gasteiger charge is -2.19. The highest BCUT2D eigenvalue weighted by molar-refractivity contribution is 7.89. The first kappa shape index (κ1) is 19.9. The van der Waals surface area contributed by atoms with Crippen LogP contribution < -0.4 is 10.0 Å². The molecule has 0 saturated carbocycles. The molecular formula is C21H22N2O4S. The highest BCUT2D eigenvalue weighted by Gasteiger charge is 2.27. The van der Waals surface area contributed by atoms with Gasteiger partial charge in [0.1, 0.15) is 11.8 Å². The first-order chi connectivity index (χ1) is 13.5. The van der Waals surface area contributed by atoms with Crippen molar-refractivity contribution in [3.63, 3.8) is 0 Å². The normalized spacial score (nSPS) is 12.5. The molecule has 0 bridgehead atoms. The van der Waals surface area contributed by atoms with Crippen LogP contribution in [0.5, 0.6) is 0 Å². The molecule has 2 N–H and O–H groups in total. The molecule has 3 aromatic rings. The third-order valence-electron chi connectivity index (χ3n) is 4.30. The second-order valence-corrected chi connectivity index (χ2v) is 8.11. The number of hydrogen-bond acceptors (Lipinski definition) is 4. The topological polar surface area (TPSA) is 88.4 Å². The van der Waals surface area contributed by atoms with Gasteiger partial charge < -0.3 is 9.73 Å². The second-order valence-electron chi connectivity index (χ2n) is 6.43. The maximum Gasteiger partial charge on any atom is 0.241 e. The summed E-state index contributed by atoms with van der Waals surface area (Å²) in [5.41, 5.74) is 1.47. The largest absolute Gasteiger partial charge is 0.467 e. The number of aryl methyl sites for hydroxylation is 1. The van der Waals surface area contributed by atoms with Crippen LogP contribution in [0.2, 0.25) is 0 Å². The van der Waals surface area contributed by atoms with Crippen LogP contribution in [0.3, 0.4) is 0 Å². The van der Waals surface area contributed by atoms with Gasteiger partial charge in [0, 0.05) is 0 Å². The molecule has 0 aliphatic rings. The van der Waals surface area contributed by atoms with Crippen LogP contribution >= 0.6 is 0 Å². The van der Waals surface area contributed by atoms with Crippen LogP contribution in [-0.2, 0) is 27.8 Å². The summed E-state index contributed by atoms with van der Waals surface area (Å²) in [5.74, 6) is 0.172. The number of carbonyl (C=O) groups excluding carboxylic acids is 1. The predicted octanol–water partition coefficient (Wildman–Crippen LogP) is 2.79. The molecule has 1 aromatic heterocycles. The minimum Gasteiger partial charge on any atom is -0.467 e. The summed E-state index contributed by atoms with van der Waals surface area (Å²) in [6.07, 6.45) is 1.75. The molecule has 6 nitrogen and oxygen atoms in total. The number of rotatable bonds is 8. The summed E-state index contributed by atoms with van der Waals surface area (Å²) >= 11 is 0. The third-order valence-corrected chi connectivity index (χ3v) is 5.93. The zero-order chi connectivity index (χ0) is 20.0. The van der Waals surface area contributed by atoms with Gasteiger partial charge in [-0.3, -0.25) is 4.79 Å². The van der Waals surface area contributed by atoms with Crippen LogP contribution in [-0.4, -0.2) is 20.4 Å². The van der Waals surface area contributed by atoms with Crippen LogP contribution in [0, 0.1) is 6.92 Å². The van der Waals surface area contributed by atoms with Crippen molar-refractivity contribution < 1.29 is 17.6 Å². The van der Waals surface area contributed by atoms with E-state index in [-0.39, 0.29) is 17.9 Å². The average Bonchev–Trinajstić information content (AvgIpc) is 3.20. The van der Waals surface area contributed by atoms with E-state index in [0.29, 0.717) is 11.3 Å². The Labute approximate surface area is 164 Å². The summed E-state index contributed by atoms with van der Waals surface area (Å²) in [6.45, 7) is 1.90. The molecule has 0 spiro atoms. The van der Waals surface area contributed by atoms with Gasteiger partial charge in [-0.25, -0.2) is 8.42 Å². The molecule has 1 amide bonds. The minimum atomic E-state index is -3.86. The Bertz CT molecular complexity index is 1020. The first-order valence-corrected chi connectivity index (χ1v) is 10.4. The number of carbonyl (C=O) groups is 1. The number of amides is 1. The molecule has 1 atom stereocenters. The van der Waals surface area contributed by atoms with E-state index in [4.69, 9.17) is 4.42 Å². The molecule has 0 saturated heterocycles. The van der Waals surface area contributed by atoms with Crippen molar-refractivity contribution in [2.45, 2.75) is 30.8 Å². The standard InChI is InChI=1S/C21H22N2O4S/c1-16-8-5-6-12-20(16)28(25,26)23-19(14-17-9-3-2-4-10-17)21(24)22-15-18-11-7-13-27-18/h2-13,19,23H,14-15H2,1H3,(H,22,24)/t19-/m0/s1. The molecule has 7 heteroatoms. The monoisotopic (exact) mass is 398 g/mol. The van der Waals surface area contributed by atoms with E-state index in [2.05, 4.69) is 10.0 Å². The zero-order valence-electron chi connectivity index (χ0n) is 15.5. The second kappa shape index (κ2) is 8.86.